The molecule has 0 bridgehead atoms. The Balaban J connectivity index is 2.20. The molecule has 1 aliphatic heterocycles. The summed E-state index contributed by atoms with van der Waals surface area (Å²) < 4.78 is 79.9. The molecule has 0 spiro atoms. The maximum Gasteiger partial charge on any atom is 0.450 e. The maximum absolute atomic E-state index is 13.3. The first-order chi connectivity index (χ1) is 11.7. The van der Waals surface area contributed by atoms with Crippen LogP contribution < -0.4 is 5.06 Å². The fourth-order valence-electron chi connectivity index (χ4n) is 2.29. The monoisotopic (exact) mass is 360 g/mol. The first kappa shape index (κ1) is 17.3. The summed E-state index contributed by atoms with van der Waals surface area (Å²) in [5.41, 5.74) is -4.62. The molecule has 0 N–H and O–H groups in total. The van der Waals surface area contributed by atoms with Crippen molar-refractivity contribution in [3.63, 3.8) is 0 Å². The number of nitrogens with zero attached hydrogens (tertiary/aromatic N) is 2. The van der Waals surface area contributed by atoms with Crippen LogP contribution in [-0.2, 0) is 4.84 Å². The molecule has 0 amide bonds. The highest BCUT2D eigenvalue weighted by molar-refractivity contribution is 6.09. The Hall–Kier alpha value is -2.55. The van der Waals surface area contributed by atoms with Crippen LogP contribution in [0.15, 0.2) is 65.7 Å². The first-order valence-electron chi connectivity index (χ1n) is 6.99. The van der Waals surface area contributed by atoms with E-state index >= 15 is 0 Å². The largest absolute Gasteiger partial charge is 0.450 e. The van der Waals surface area contributed by atoms with E-state index in [4.69, 9.17) is 0 Å². The standard InChI is InChI=1S/C16H10F6N2O/c17-15(18,19)14(16(20,21)22)23-13(11-7-3-1-4-8-11)24(25-14)12-9-5-2-6-10-12/h1-10H. The van der Waals surface area contributed by atoms with Crippen molar-refractivity contribution in [2.24, 2.45) is 4.99 Å². The second-order valence-corrected chi connectivity index (χ2v) is 5.16. The lowest BCUT2D eigenvalue weighted by Crippen LogP contribution is -2.57. The molecular weight excluding hydrogens is 350 g/mol. The Morgan fingerprint density at radius 2 is 1.24 bits per heavy atom. The van der Waals surface area contributed by atoms with Crippen LogP contribution in [0.2, 0.25) is 0 Å². The molecule has 2 aromatic rings. The molecule has 0 fully saturated rings. The van der Waals surface area contributed by atoms with Crippen LogP contribution in [0.1, 0.15) is 5.56 Å². The number of amidine groups is 1. The number of anilines is 1. The molecule has 0 aliphatic carbocycles. The fourth-order valence-corrected chi connectivity index (χ4v) is 2.29. The van der Waals surface area contributed by atoms with Crippen molar-refractivity contribution in [3.8, 4) is 0 Å². The summed E-state index contributed by atoms with van der Waals surface area (Å²) in [6, 6.07) is 14.4. The van der Waals surface area contributed by atoms with Crippen LogP contribution in [0, 0.1) is 0 Å². The molecule has 0 unspecified atom stereocenters. The number of aliphatic imine (C=N–C) groups is 1. The van der Waals surface area contributed by atoms with Gasteiger partial charge in [0.1, 0.15) is 0 Å². The molecule has 0 aromatic heterocycles. The van der Waals surface area contributed by atoms with E-state index in [1.807, 2.05) is 0 Å². The van der Waals surface area contributed by atoms with Crippen LogP contribution in [0.4, 0.5) is 32.0 Å². The van der Waals surface area contributed by atoms with Crippen LogP contribution >= 0.6 is 0 Å². The SMILES string of the molecule is FC(F)(F)C1(C(F)(F)F)N=C(c2ccccc2)N(c2ccccc2)O1. The Kier molecular flexibility index (Phi) is 3.98. The van der Waals surface area contributed by atoms with Gasteiger partial charge in [0, 0.05) is 5.56 Å². The third-order valence-corrected chi connectivity index (χ3v) is 3.47. The van der Waals surface area contributed by atoms with Gasteiger partial charge in [0.2, 0.25) is 0 Å². The molecule has 0 radical (unpaired) electrons. The van der Waals surface area contributed by atoms with E-state index in [2.05, 4.69) is 9.83 Å². The van der Waals surface area contributed by atoms with E-state index in [0.29, 0.717) is 5.06 Å². The van der Waals surface area contributed by atoms with Gasteiger partial charge in [-0.3, -0.25) is 0 Å². The number of alkyl halides is 6. The molecule has 0 saturated heterocycles. The summed E-state index contributed by atoms with van der Waals surface area (Å²) in [5, 5.41) is 0.455. The molecule has 1 aliphatic rings. The van der Waals surface area contributed by atoms with Gasteiger partial charge in [-0.05, 0) is 12.1 Å². The van der Waals surface area contributed by atoms with Gasteiger partial charge >= 0.3 is 18.1 Å². The number of rotatable bonds is 2. The van der Waals surface area contributed by atoms with Crippen LogP contribution in [0.3, 0.4) is 0 Å². The minimum atomic E-state index is -5.80. The predicted molar refractivity (Wildman–Crippen MR) is 77.8 cm³/mol. The Morgan fingerprint density at radius 3 is 1.72 bits per heavy atom. The third kappa shape index (κ3) is 2.84. The van der Waals surface area contributed by atoms with Gasteiger partial charge in [-0.2, -0.15) is 31.4 Å². The van der Waals surface area contributed by atoms with E-state index in [1.54, 1.807) is 12.1 Å². The number of hydrogen-bond donors (Lipinski definition) is 0. The van der Waals surface area contributed by atoms with Crippen molar-refractivity contribution < 1.29 is 31.2 Å². The van der Waals surface area contributed by atoms with E-state index < -0.39 is 23.9 Å². The van der Waals surface area contributed by atoms with E-state index in [0.717, 1.165) is 0 Å². The van der Waals surface area contributed by atoms with E-state index in [9.17, 15) is 26.3 Å². The summed E-state index contributed by atoms with van der Waals surface area (Å²) in [7, 11) is 0. The quantitative estimate of drug-likeness (QED) is 0.725. The number of halogens is 6. The van der Waals surface area contributed by atoms with Crippen molar-refractivity contribution in [1.82, 2.24) is 0 Å². The lowest BCUT2D eigenvalue weighted by molar-refractivity contribution is -0.372. The van der Waals surface area contributed by atoms with Crippen LogP contribution in [0.5, 0.6) is 0 Å². The van der Waals surface area contributed by atoms with Crippen LogP contribution in [-0.4, -0.2) is 23.9 Å². The zero-order valence-corrected chi connectivity index (χ0v) is 12.3. The second-order valence-electron chi connectivity index (χ2n) is 5.16. The number of hydrogen-bond acceptors (Lipinski definition) is 3. The molecule has 1 heterocycles. The molecule has 3 nitrogen and oxygen atoms in total. The Bertz CT molecular complexity index is 757. The zero-order valence-electron chi connectivity index (χ0n) is 12.3. The average molecular weight is 360 g/mol. The van der Waals surface area contributed by atoms with Gasteiger partial charge in [0.15, 0.2) is 5.84 Å². The molecule has 25 heavy (non-hydrogen) atoms. The number of hydroxylamine groups is 1. The Morgan fingerprint density at radius 1 is 0.760 bits per heavy atom. The number of para-hydroxylation sites is 1. The molecule has 0 atom stereocenters. The minimum Gasteiger partial charge on any atom is -0.217 e. The summed E-state index contributed by atoms with van der Waals surface area (Å²) in [6.45, 7) is 0. The molecule has 132 valence electrons. The summed E-state index contributed by atoms with van der Waals surface area (Å²) in [6.07, 6.45) is -11.6. The summed E-state index contributed by atoms with van der Waals surface area (Å²) >= 11 is 0. The molecule has 0 saturated carbocycles. The first-order valence-corrected chi connectivity index (χ1v) is 6.99. The summed E-state index contributed by atoms with van der Waals surface area (Å²) in [4.78, 5) is 7.37. The number of benzene rings is 2. The molecular formula is C16H10F6N2O. The van der Waals surface area contributed by atoms with Gasteiger partial charge in [-0.1, -0.05) is 48.5 Å². The second kappa shape index (κ2) is 5.76. The maximum atomic E-state index is 13.3. The third-order valence-electron chi connectivity index (χ3n) is 3.47. The van der Waals surface area contributed by atoms with Gasteiger partial charge in [0.05, 0.1) is 5.69 Å². The van der Waals surface area contributed by atoms with Crippen molar-refractivity contribution in [2.75, 3.05) is 5.06 Å². The fraction of sp³-hybridized carbons (Fsp3) is 0.188. The van der Waals surface area contributed by atoms with Crippen molar-refractivity contribution >= 4 is 11.5 Å². The highest BCUT2D eigenvalue weighted by Crippen LogP contribution is 2.51. The average Bonchev–Trinajstić information content (AvgIpc) is 2.98. The predicted octanol–water partition coefficient (Wildman–Crippen LogP) is 4.71. The highest BCUT2D eigenvalue weighted by atomic mass is 19.4. The normalized spacial score (nSPS) is 17.5. The Labute approximate surface area is 138 Å². The lowest BCUT2D eigenvalue weighted by atomic mass is 10.1. The van der Waals surface area contributed by atoms with Crippen LogP contribution in [0.25, 0.3) is 0 Å². The molecule has 2 aromatic carbocycles. The van der Waals surface area contributed by atoms with Gasteiger partial charge in [-0.25, -0.2) is 9.83 Å². The van der Waals surface area contributed by atoms with E-state index in [-0.39, 0.29) is 11.3 Å². The van der Waals surface area contributed by atoms with Crippen molar-refractivity contribution in [3.05, 3.63) is 66.2 Å². The smallest absolute Gasteiger partial charge is 0.217 e. The lowest BCUT2D eigenvalue weighted by Gasteiger charge is -2.30. The van der Waals surface area contributed by atoms with Crippen molar-refractivity contribution in [2.45, 2.75) is 18.1 Å². The van der Waals surface area contributed by atoms with Crippen molar-refractivity contribution in [1.29, 1.82) is 0 Å². The van der Waals surface area contributed by atoms with Gasteiger partial charge < -0.3 is 0 Å². The van der Waals surface area contributed by atoms with E-state index in [1.165, 1.54) is 48.5 Å². The zero-order chi connectivity index (χ0) is 18.3. The summed E-state index contributed by atoms with van der Waals surface area (Å²) in [5.74, 6) is -0.582. The van der Waals surface area contributed by atoms with Gasteiger partial charge in [0.25, 0.3) is 0 Å². The molecule has 9 heteroatoms. The highest BCUT2D eigenvalue weighted by Gasteiger charge is 2.77. The minimum absolute atomic E-state index is 0.0134. The van der Waals surface area contributed by atoms with Gasteiger partial charge in [-0.15, -0.1) is 0 Å². The topological polar surface area (TPSA) is 24.8 Å². The molecule has 3 rings (SSSR count).